The third kappa shape index (κ3) is 6.39. The van der Waals surface area contributed by atoms with Crippen LogP contribution in [0, 0.1) is 0 Å². The van der Waals surface area contributed by atoms with Crippen molar-refractivity contribution in [1.29, 1.82) is 0 Å². The monoisotopic (exact) mass is 483 g/mol. The zero-order valence-electron chi connectivity index (χ0n) is 20.9. The summed E-state index contributed by atoms with van der Waals surface area (Å²) in [6.07, 6.45) is 9.73. The number of fused-ring (bicyclic) bond motifs is 1. The van der Waals surface area contributed by atoms with Gasteiger partial charge in [0.1, 0.15) is 0 Å². The third-order valence-electron chi connectivity index (χ3n) is 6.03. The average molecular weight is 484 g/mol. The smallest absolute Gasteiger partial charge is 0.322 e. The molecule has 1 aliphatic rings. The van der Waals surface area contributed by atoms with Crippen LogP contribution in [0.1, 0.15) is 67.5 Å². The number of thiophene rings is 1. The van der Waals surface area contributed by atoms with E-state index in [1.165, 1.54) is 9.75 Å². The minimum atomic E-state index is -0.172. The standard InChI is InChI=1S/C26H37N5O2S/c1-6-8-22(21(27)10-9-19(4)25-12-11-24(34-25)18(3)7-2)28-26(32)30-15-20-16-31(13-14-33-5)29-23(20)17-30/h8-12,16,18H,6-7,13-15,17,27H2,1-5H3,(H,28,32)/b19-9+,21-10+,22-8-. The first-order valence-corrected chi connectivity index (χ1v) is 12.7. The van der Waals surface area contributed by atoms with E-state index in [0.717, 1.165) is 29.7 Å². The Hall–Kier alpha value is -2.84. The van der Waals surface area contributed by atoms with Crippen LogP contribution in [0.25, 0.3) is 5.57 Å². The second-order valence-electron chi connectivity index (χ2n) is 8.65. The summed E-state index contributed by atoms with van der Waals surface area (Å²) < 4.78 is 6.98. The molecule has 3 N–H and O–H groups in total. The first-order chi connectivity index (χ1) is 16.4. The number of hydrogen-bond donors (Lipinski definition) is 2. The molecular weight excluding hydrogens is 446 g/mol. The summed E-state index contributed by atoms with van der Waals surface area (Å²) in [4.78, 5) is 17.3. The topological polar surface area (TPSA) is 85.4 Å². The molecule has 0 radical (unpaired) electrons. The SMILES string of the molecule is CC/C=C(NC(=O)N1Cc2cn(CCOC)nc2C1)/C(N)=C\C=C(/C)c1ccc(C(C)CC)s1. The minimum Gasteiger partial charge on any atom is -0.397 e. The van der Waals surface area contributed by atoms with Crippen molar-refractivity contribution in [2.45, 2.75) is 66.1 Å². The fraction of sp³-hybridized carbons (Fsp3) is 0.462. The number of rotatable bonds is 10. The Kier molecular flexibility index (Phi) is 9.12. The third-order valence-corrected chi connectivity index (χ3v) is 7.48. The lowest BCUT2D eigenvalue weighted by Crippen LogP contribution is -2.37. The van der Waals surface area contributed by atoms with Gasteiger partial charge in [-0.1, -0.05) is 32.9 Å². The van der Waals surface area contributed by atoms with Crippen LogP contribution in [0.5, 0.6) is 0 Å². The van der Waals surface area contributed by atoms with Gasteiger partial charge in [-0.15, -0.1) is 11.3 Å². The number of methoxy groups -OCH3 is 1. The van der Waals surface area contributed by atoms with E-state index in [1.807, 2.05) is 47.4 Å². The van der Waals surface area contributed by atoms with Crippen LogP contribution in [-0.2, 0) is 24.4 Å². The lowest BCUT2D eigenvalue weighted by atomic mass is 10.1. The Morgan fingerprint density at radius 2 is 2.12 bits per heavy atom. The number of ether oxygens (including phenoxy) is 1. The maximum atomic E-state index is 12.9. The predicted octanol–water partition coefficient (Wildman–Crippen LogP) is 5.37. The van der Waals surface area contributed by atoms with E-state index in [-0.39, 0.29) is 6.03 Å². The molecule has 0 saturated carbocycles. The van der Waals surface area contributed by atoms with Gasteiger partial charge < -0.3 is 20.7 Å². The van der Waals surface area contributed by atoms with Crippen LogP contribution < -0.4 is 11.1 Å². The first kappa shape index (κ1) is 25.8. The molecule has 34 heavy (non-hydrogen) atoms. The highest BCUT2D eigenvalue weighted by molar-refractivity contribution is 7.13. The molecule has 0 aliphatic carbocycles. The van der Waals surface area contributed by atoms with Crippen molar-refractivity contribution in [2.75, 3.05) is 13.7 Å². The largest absolute Gasteiger partial charge is 0.397 e. The molecule has 3 rings (SSSR count). The number of allylic oxidation sites excluding steroid dienone is 4. The second kappa shape index (κ2) is 12.0. The van der Waals surface area contributed by atoms with Crippen LogP contribution >= 0.6 is 11.3 Å². The minimum absolute atomic E-state index is 0.172. The molecule has 1 aliphatic heterocycles. The summed E-state index contributed by atoms with van der Waals surface area (Å²) in [6, 6.07) is 4.21. The lowest BCUT2D eigenvalue weighted by molar-refractivity contribution is 0.182. The van der Waals surface area contributed by atoms with Gasteiger partial charge in [0.2, 0.25) is 0 Å². The summed E-state index contributed by atoms with van der Waals surface area (Å²) in [6.45, 7) is 10.9. The van der Waals surface area contributed by atoms with Crippen molar-refractivity contribution in [3.05, 3.63) is 69.0 Å². The van der Waals surface area contributed by atoms with Crippen molar-refractivity contribution in [3.8, 4) is 0 Å². The molecule has 2 amide bonds. The number of amides is 2. The zero-order valence-corrected chi connectivity index (χ0v) is 21.7. The Morgan fingerprint density at radius 1 is 1.32 bits per heavy atom. The van der Waals surface area contributed by atoms with Crippen LogP contribution in [0.4, 0.5) is 4.79 Å². The molecule has 0 saturated heterocycles. The Balaban J connectivity index is 1.63. The quantitative estimate of drug-likeness (QED) is 0.445. The van der Waals surface area contributed by atoms with Gasteiger partial charge in [0, 0.05) is 28.6 Å². The summed E-state index contributed by atoms with van der Waals surface area (Å²) >= 11 is 1.83. The fourth-order valence-corrected chi connectivity index (χ4v) is 4.83. The molecule has 2 aromatic heterocycles. The molecule has 2 aromatic rings. The number of carbonyl (C=O) groups excluding carboxylic acids is 1. The normalized spacial score (nSPS) is 15.6. The van der Waals surface area contributed by atoms with Gasteiger partial charge in [0.25, 0.3) is 0 Å². The van der Waals surface area contributed by atoms with E-state index in [4.69, 9.17) is 10.5 Å². The van der Waals surface area contributed by atoms with Crippen LogP contribution in [0.3, 0.4) is 0 Å². The van der Waals surface area contributed by atoms with Gasteiger partial charge >= 0.3 is 6.03 Å². The summed E-state index contributed by atoms with van der Waals surface area (Å²) in [7, 11) is 1.67. The van der Waals surface area contributed by atoms with E-state index >= 15 is 0 Å². The van der Waals surface area contributed by atoms with Gasteiger partial charge in [0.05, 0.1) is 43.3 Å². The predicted molar refractivity (Wildman–Crippen MR) is 139 cm³/mol. The highest BCUT2D eigenvalue weighted by Crippen LogP contribution is 2.30. The van der Waals surface area contributed by atoms with Crippen molar-refractivity contribution in [1.82, 2.24) is 20.0 Å². The maximum Gasteiger partial charge on any atom is 0.322 e. The van der Waals surface area contributed by atoms with Gasteiger partial charge in [0.15, 0.2) is 0 Å². The number of hydrogen-bond acceptors (Lipinski definition) is 5. The van der Waals surface area contributed by atoms with Crippen molar-refractivity contribution in [2.24, 2.45) is 5.73 Å². The van der Waals surface area contributed by atoms with Crippen LogP contribution in [0.2, 0.25) is 0 Å². The number of nitrogens with zero attached hydrogens (tertiary/aromatic N) is 3. The molecule has 0 fully saturated rings. The molecule has 184 valence electrons. The van der Waals surface area contributed by atoms with Crippen molar-refractivity contribution < 1.29 is 9.53 Å². The van der Waals surface area contributed by atoms with Crippen LogP contribution in [0.15, 0.2) is 48.0 Å². The van der Waals surface area contributed by atoms with E-state index in [1.54, 1.807) is 12.0 Å². The van der Waals surface area contributed by atoms with E-state index in [0.29, 0.717) is 43.6 Å². The summed E-state index contributed by atoms with van der Waals surface area (Å²) in [5.41, 5.74) is 10.7. The molecule has 0 bridgehead atoms. The number of carbonyl (C=O) groups is 1. The van der Waals surface area contributed by atoms with Gasteiger partial charge in [-0.3, -0.25) is 4.68 Å². The average Bonchev–Trinajstić information content (AvgIpc) is 3.55. The zero-order chi connectivity index (χ0) is 24.7. The number of urea groups is 1. The fourth-order valence-electron chi connectivity index (χ4n) is 3.71. The van der Waals surface area contributed by atoms with Gasteiger partial charge in [-0.2, -0.15) is 5.10 Å². The Morgan fingerprint density at radius 3 is 2.79 bits per heavy atom. The molecule has 0 spiro atoms. The number of nitrogens with two attached hydrogens (primary N) is 1. The molecule has 1 atom stereocenters. The molecule has 7 nitrogen and oxygen atoms in total. The summed E-state index contributed by atoms with van der Waals surface area (Å²) in [5, 5.41) is 7.56. The molecule has 0 aromatic carbocycles. The van der Waals surface area contributed by atoms with E-state index < -0.39 is 0 Å². The molecule has 1 unspecified atom stereocenters. The highest BCUT2D eigenvalue weighted by Gasteiger charge is 2.27. The number of aromatic nitrogens is 2. The van der Waals surface area contributed by atoms with Crippen molar-refractivity contribution in [3.63, 3.8) is 0 Å². The van der Waals surface area contributed by atoms with Crippen LogP contribution in [-0.4, -0.2) is 34.4 Å². The number of nitrogens with one attached hydrogen (secondary N) is 1. The molecule has 8 heteroatoms. The lowest BCUT2D eigenvalue weighted by Gasteiger charge is -2.18. The van der Waals surface area contributed by atoms with Gasteiger partial charge in [-0.05, 0) is 49.5 Å². The van der Waals surface area contributed by atoms with E-state index in [2.05, 4.69) is 43.3 Å². The van der Waals surface area contributed by atoms with Crippen molar-refractivity contribution >= 4 is 22.9 Å². The second-order valence-corrected chi connectivity index (χ2v) is 9.77. The maximum absolute atomic E-state index is 12.9. The van der Waals surface area contributed by atoms with E-state index in [9.17, 15) is 4.79 Å². The Bertz CT molecular complexity index is 1060. The first-order valence-electron chi connectivity index (χ1n) is 11.9. The molecule has 3 heterocycles. The summed E-state index contributed by atoms with van der Waals surface area (Å²) in [5.74, 6) is 0.571. The van der Waals surface area contributed by atoms with Gasteiger partial charge in [-0.25, -0.2) is 4.79 Å². The highest BCUT2D eigenvalue weighted by atomic mass is 32.1. The molecular formula is C26H37N5O2S. The Labute approximate surface area is 207 Å².